The molecule has 0 radical (unpaired) electrons. The summed E-state index contributed by atoms with van der Waals surface area (Å²) in [6.45, 7) is 0. The highest BCUT2D eigenvalue weighted by Gasteiger charge is 2.02. The van der Waals surface area contributed by atoms with Crippen LogP contribution in [-0.4, -0.2) is 5.78 Å². The van der Waals surface area contributed by atoms with Crippen LogP contribution in [0.25, 0.3) is 0 Å². The molecule has 0 aliphatic carbocycles. The van der Waals surface area contributed by atoms with E-state index in [2.05, 4.69) is 21.2 Å². The van der Waals surface area contributed by atoms with Crippen LogP contribution in [0.1, 0.15) is 10.4 Å². The first-order valence-corrected chi connectivity index (χ1v) is 6.91. The topological polar surface area (TPSA) is 29.1 Å². The molecule has 0 saturated heterocycles. The number of ketones is 1. The molecule has 0 aliphatic rings. The first kappa shape index (κ1) is 14.8. The summed E-state index contributed by atoms with van der Waals surface area (Å²) in [6, 6.07) is 11.0. The Morgan fingerprint density at radius 1 is 1.20 bits per heavy atom. The maximum absolute atomic E-state index is 12.9. The lowest BCUT2D eigenvalue weighted by atomic mass is 10.1. The van der Waals surface area contributed by atoms with Gasteiger partial charge in [-0.1, -0.05) is 27.5 Å². The summed E-state index contributed by atoms with van der Waals surface area (Å²) in [5, 5.41) is 3.10. The largest absolute Gasteiger partial charge is 0.360 e. The van der Waals surface area contributed by atoms with E-state index in [1.165, 1.54) is 30.5 Å². The molecular weight excluding hydrogens is 345 g/mol. The number of carbonyl (C=O) groups is 1. The molecule has 2 aromatic rings. The summed E-state index contributed by atoms with van der Waals surface area (Å²) in [5.41, 5.74) is 1.12. The van der Waals surface area contributed by atoms with Gasteiger partial charge in [-0.2, -0.15) is 0 Å². The average Bonchev–Trinajstić information content (AvgIpc) is 2.42. The molecule has 0 bridgehead atoms. The third-order valence-electron chi connectivity index (χ3n) is 2.53. The van der Waals surface area contributed by atoms with Crippen molar-refractivity contribution >= 4 is 39.0 Å². The Bertz CT molecular complexity index is 655. The van der Waals surface area contributed by atoms with Crippen molar-refractivity contribution < 1.29 is 9.18 Å². The van der Waals surface area contributed by atoms with E-state index >= 15 is 0 Å². The van der Waals surface area contributed by atoms with Gasteiger partial charge in [-0.25, -0.2) is 4.39 Å². The minimum atomic E-state index is -0.407. The molecule has 0 unspecified atom stereocenters. The number of allylic oxidation sites excluding steroid dienone is 1. The van der Waals surface area contributed by atoms with Crippen molar-refractivity contribution in [2.75, 3.05) is 5.32 Å². The van der Waals surface area contributed by atoms with Crippen LogP contribution in [0.15, 0.2) is 59.2 Å². The summed E-state index contributed by atoms with van der Waals surface area (Å²) >= 11 is 9.16. The number of nitrogens with one attached hydrogen (secondary N) is 1. The predicted octanol–water partition coefficient (Wildman–Crippen LogP) is 5.05. The molecule has 5 heteroatoms. The minimum absolute atomic E-state index is 0.136. The Kier molecular flexibility index (Phi) is 4.93. The standard InChI is InChI=1S/C15H10BrClFNO/c16-11-3-1-10(2-4-11)15(20)7-8-19-14-6-5-12(18)9-13(14)17/h1-9,19H. The maximum atomic E-state index is 12.9. The van der Waals surface area contributed by atoms with E-state index in [0.717, 1.165) is 4.47 Å². The first-order valence-electron chi connectivity index (χ1n) is 5.74. The predicted molar refractivity (Wildman–Crippen MR) is 82.6 cm³/mol. The van der Waals surface area contributed by atoms with Gasteiger partial charge in [-0.15, -0.1) is 0 Å². The highest BCUT2D eigenvalue weighted by molar-refractivity contribution is 9.10. The van der Waals surface area contributed by atoms with Gasteiger partial charge < -0.3 is 5.32 Å². The lowest BCUT2D eigenvalue weighted by molar-refractivity contribution is 0.104. The van der Waals surface area contributed by atoms with Crippen molar-refractivity contribution in [1.82, 2.24) is 0 Å². The van der Waals surface area contributed by atoms with Gasteiger partial charge in [0.2, 0.25) is 0 Å². The molecular formula is C15H10BrClFNO. The van der Waals surface area contributed by atoms with E-state index in [4.69, 9.17) is 11.6 Å². The Labute approximate surface area is 129 Å². The number of benzene rings is 2. The molecule has 0 saturated carbocycles. The quantitative estimate of drug-likeness (QED) is 0.615. The van der Waals surface area contributed by atoms with E-state index in [1.807, 2.05) is 0 Å². The average molecular weight is 355 g/mol. The SMILES string of the molecule is O=C(C=CNc1ccc(F)cc1Cl)c1ccc(Br)cc1. The summed E-state index contributed by atoms with van der Waals surface area (Å²) in [5.74, 6) is -0.543. The number of anilines is 1. The maximum Gasteiger partial charge on any atom is 0.187 e. The van der Waals surface area contributed by atoms with Crippen molar-refractivity contribution in [3.63, 3.8) is 0 Å². The molecule has 0 fully saturated rings. The van der Waals surface area contributed by atoms with Crippen LogP contribution in [0.4, 0.5) is 10.1 Å². The number of hydrogen-bond donors (Lipinski definition) is 1. The van der Waals surface area contributed by atoms with E-state index in [1.54, 1.807) is 24.3 Å². The molecule has 0 atom stereocenters. The normalized spacial score (nSPS) is 10.8. The van der Waals surface area contributed by atoms with E-state index < -0.39 is 5.82 Å². The van der Waals surface area contributed by atoms with Gasteiger partial charge in [0, 0.05) is 22.3 Å². The lowest BCUT2D eigenvalue weighted by Crippen LogP contribution is -1.96. The number of carbonyl (C=O) groups excluding carboxylic acids is 1. The zero-order valence-corrected chi connectivity index (χ0v) is 12.6. The zero-order chi connectivity index (χ0) is 14.5. The second-order valence-electron chi connectivity index (χ2n) is 3.97. The van der Waals surface area contributed by atoms with Crippen molar-refractivity contribution in [2.24, 2.45) is 0 Å². The Morgan fingerprint density at radius 2 is 1.90 bits per heavy atom. The zero-order valence-electron chi connectivity index (χ0n) is 10.2. The van der Waals surface area contributed by atoms with Gasteiger partial charge in [-0.3, -0.25) is 4.79 Å². The molecule has 20 heavy (non-hydrogen) atoms. The van der Waals surface area contributed by atoms with Crippen LogP contribution in [-0.2, 0) is 0 Å². The van der Waals surface area contributed by atoms with Crippen LogP contribution in [0.2, 0.25) is 5.02 Å². The summed E-state index contributed by atoms with van der Waals surface area (Å²) in [6.07, 6.45) is 2.87. The monoisotopic (exact) mass is 353 g/mol. The smallest absolute Gasteiger partial charge is 0.187 e. The van der Waals surface area contributed by atoms with Crippen LogP contribution in [0, 0.1) is 5.82 Å². The number of rotatable bonds is 4. The third kappa shape index (κ3) is 3.92. The van der Waals surface area contributed by atoms with Gasteiger partial charge in [0.25, 0.3) is 0 Å². The molecule has 0 heterocycles. The van der Waals surface area contributed by atoms with Crippen molar-refractivity contribution in [3.05, 3.63) is 75.6 Å². The molecule has 1 N–H and O–H groups in total. The van der Waals surface area contributed by atoms with E-state index in [9.17, 15) is 9.18 Å². The van der Waals surface area contributed by atoms with Crippen molar-refractivity contribution in [1.29, 1.82) is 0 Å². The lowest BCUT2D eigenvalue weighted by Gasteiger charge is -2.03. The molecule has 2 aromatic carbocycles. The fourth-order valence-corrected chi connectivity index (χ4v) is 2.01. The first-order chi connectivity index (χ1) is 9.56. The van der Waals surface area contributed by atoms with E-state index in [-0.39, 0.29) is 10.8 Å². The Morgan fingerprint density at radius 3 is 2.55 bits per heavy atom. The number of halogens is 3. The Balaban J connectivity index is 2.02. The second kappa shape index (κ2) is 6.68. The summed E-state index contributed by atoms with van der Waals surface area (Å²) < 4.78 is 13.8. The van der Waals surface area contributed by atoms with Crippen LogP contribution < -0.4 is 5.32 Å². The van der Waals surface area contributed by atoms with Gasteiger partial charge in [0.15, 0.2) is 5.78 Å². The molecule has 2 rings (SSSR count). The van der Waals surface area contributed by atoms with Crippen molar-refractivity contribution in [2.45, 2.75) is 0 Å². The van der Waals surface area contributed by atoms with Crippen LogP contribution in [0.5, 0.6) is 0 Å². The highest BCUT2D eigenvalue weighted by atomic mass is 79.9. The third-order valence-corrected chi connectivity index (χ3v) is 3.37. The van der Waals surface area contributed by atoms with Gasteiger partial charge in [0.1, 0.15) is 5.82 Å². The molecule has 2 nitrogen and oxygen atoms in total. The van der Waals surface area contributed by atoms with Crippen LogP contribution in [0.3, 0.4) is 0 Å². The second-order valence-corrected chi connectivity index (χ2v) is 5.30. The van der Waals surface area contributed by atoms with Crippen LogP contribution >= 0.6 is 27.5 Å². The number of hydrogen-bond acceptors (Lipinski definition) is 2. The Hall–Kier alpha value is -1.65. The highest BCUT2D eigenvalue weighted by Crippen LogP contribution is 2.22. The van der Waals surface area contributed by atoms with E-state index in [0.29, 0.717) is 11.3 Å². The molecule has 0 spiro atoms. The minimum Gasteiger partial charge on any atom is -0.360 e. The van der Waals surface area contributed by atoms with Gasteiger partial charge in [0.05, 0.1) is 10.7 Å². The molecule has 102 valence electrons. The summed E-state index contributed by atoms with van der Waals surface area (Å²) in [4.78, 5) is 11.9. The van der Waals surface area contributed by atoms with Gasteiger partial charge >= 0.3 is 0 Å². The van der Waals surface area contributed by atoms with Gasteiger partial charge in [-0.05, 0) is 42.5 Å². The molecule has 0 aromatic heterocycles. The fourth-order valence-electron chi connectivity index (χ4n) is 1.52. The summed E-state index contributed by atoms with van der Waals surface area (Å²) in [7, 11) is 0. The fraction of sp³-hybridized carbons (Fsp3) is 0. The molecule has 0 aliphatic heterocycles. The molecule has 0 amide bonds. The van der Waals surface area contributed by atoms with Crippen molar-refractivity contribution in [3.8, 4) is 0 Å².